The molecule has 0 aliphatic rings. The molecule has 0 amide bonds. The van der Waals surface area contributed by atoms with Gasteiger partial charge in [-0.05, 0) is 48.3 Å². The van der Waals surface area contributed by atoms with Crippen LogP contribution in [-0.2, 0) is 0 Å². The maximum absolute atomic E-state index is 5.24. The van der Waals surface area contributed by atoms with Crippen molar-refractivity contribution < 1.29 is 0 Å². The minimum absolute atomic E-state index is 0.448. The number of hydrogen-bond acceptors (Lipinski definition) is 5. The van der Waals surface area contributed by atoms with Crippen LogP contribution >= 0.6 is 24.0 Å². The summed E-state index contributed by atoms with van der Waals surface area (Å²) >= 11 is 6.95. The van der Waals surface area contributed by atoms with Gasteiger partial charge in [-0.15, -0.1) is 11.8 Å². The highest BCUT2D eigenvalue weighted by Gasteiger charge is 2.07. The quantitative estimate of drug-likeness (QED) is 0.452. The Kier molecular flexibility index (Phi) is 4.45. The lowest BCUT2D eigenvalue weighted by Crippen LogP contribution is -1.95. The molecule has 0 atom stereocenters. The van der Waals surface area contributed by atoms with E-state index in [1.165, 1.54) is 4.90 Å². The Bertz CT molecular complexity index is 834. The molecule has 0 bridgehead atoms. The van der Waals surface area contributed by atoms with E-state index in [0.717, 1.165) is 11.1 Å². The van der Waals surface area contributed by atoms with Crippen molar-refractivity contribution in [3.63, 3.8) is 0 Å². The van der Waals surface area contributed by atoms with Crippen molar-refractivity contribution >= 4 is 30.2 Å². The highest BCUT2D eigenvalue weighted by molar-refractivity contribution is 7.98. The molecule has 0 unspecified atom stereocenters. The summed E-state index contributed by atoms with van der Waals surface area (Å²) in [6.45, 7) is 0. The average molecular weight is 327 g/mol. The number of benzene rings is 1. The summed E-state index contributed by atoms with van der Waals surface area (Å²) in [7, 11) is 0. The molecule has 0 fully saturated rings. The number of thioether (sulfide) groups is 1. The third kappa shape index (κ3) is 3.15. The maximum Gasteiger partial charge on any atom is 0.216 e. The molecule has 0 spiro atoms. The van der Waals surface area contributed by atoms with Crippen molar-refractivity contribution in [3.05, 3.63) is 59.1 Å². The van der Waals surface area contributed by atoms with Crippen molar-refractivity contribution in [1.29, 1.82) is 0 Å². The van der Waals surface area contributed by atoms with Gasteiger partial charge in [-0.3, -0.25) is 4.98 Å². The third-order valence-corrected chi connectivity index (χ3v) is 4.03. The van der Waals surface area contributed by atoms with Gasteiger partial charge in [0.2, 0.25) is 4.77 Å². The fourth-order valence-electron chi connectivity index (χ4n) is 1.90. The van der Waals surface area contributed by atoms with Gasteiger partial charge in [0.15, 0.2) is 5.82 Å². The molecule has 22 heavy (non-hydrogen) atoms. The number of nitrogens with one attached hydrogen (secondary N) is 1. The Balaban J connectivity index is 1.93. The van der Waals surface area contributed by atoms with Crippen molar-refractivity contribution in [1.82, 2.24) is 19.9 Å². The van der Waals surface area contributed by atoms with Gasteiger partial charge in [-0.2, -0.15) is 14.9 Å². The molecule has 3 rings (SSSR count). The van der Waals surface area contributed by atoms with Gasteiger partial charge in [0, 0.05) is 22.9 Å². The van der Waals surface area contributed by atoms with Crippen LogP contribution in [0, 0.1) is 4.77 Å². The van der Waals surface area contributed by atoms with Crippen LogP contribution in [0.4, 0.5) is 0 Å². The number of nitrogens with zero attached hydrogens (tertiary/aromatic N) is 4. The van der Waals surface area contributed by atoms with Crippen LogP contribution in [0.2, 0.25) is 0 Å². The Labute approximate surface area is 137 Å². The minimum atomic E-state index is 0.448. The molecule has 110 valence electrons. The van der Waals surface area contributed by atoms with E-state index in [9.17, 15) is 0 Å². The zero-order valence-electron chi connectivity index (χ0n) is 11.8. The molecule has 5 nitrogen and oxygen atoms in total. The molecule has 0 saturated carbocycles. The first-order valence-corrected chi connectivity index (χ1v) is 8.17. The van der Waals surface area contributed by atoms with Crippen LogP contribution in [0.5, 0.6) is 0 Å². The summed E-state index contributed by atoms with van der Waals surface area (Å²) in [4.78, 5) is 5.22. The number of pyridine rings is 1. The van der Waals surface area contributed by atoms with E-state index >= 15 is 0 Å². The second kappa shape index (κ2) is 6.67. The van der Waals surface area contributed by atoms with E-state index < -0.39 is 0 Å². The lowest BCUT2D eigenvalue weighted by molar-refractivity contribution is 0.871. The Morgan fingerprint density at radius 2 is 1.91 bits per heavy atom. The highest BCUT2D eigenvalue weighted by Crippen LogP contribution is 2.16. The molecule has 2 heterocycles. The summed E-state index contributed by atoms with van der Waals surface area (Å²) in [5.41, 5.74) is 1.90. The van der Waals surface area contributed by atoms with Gasteiger partial charge in [0.1, 0.15) is 0 Å². The number of hydrogen-bond donors (Lipinski definition) is 1. The molecule has 1 aromatic carbocycles. The molecule has 0 aliphatic heterocycles. The zero-order valence-corrected chi connectivity index (χ0v) is 13.4. The lowest BCUT2D eigenvalue weighted by Gasteiger charge is -2.00. The number of aromatic nitrogens is 4. The van der Waals surface area contributed by atoms with Crippen molar-refractivity contribution in [2.75, 3.05) is 6.26 Å². The van der Waals surface area contributed by atoms with Gasteiger partial charge in [0.05, 0.1) is 6.21 Å². The summed E-state index contributed by atoms with van der Waals surface area (Å²) in [6.07, 6.45) is 7.24. The second-order valence-corrected chi connectivity index (χ2v) is 5.68. The van der Waals surface area contributed by atoms with E-state index in [1.54, 1.807) is 35.0 Å². The topological polar surface area (TPSA) is 58.9 Å². The first-order chi connectivity index (χ1) is 10.8. The number of aromatic amines is 1. The van der Waals surface area contributed by atoms with E-state index in [0.29, 0.717) is 10.6 Å². The molecule has 0 aliphatic carbocycles. The van der Waals surface area contributed by atoms with Crippen LogP contribution in [0.3, 0.4) is 0 Å². The maximum atomic E-state index is 5.24. The van der Waals surface area contributed by atoms with Crippen LogP contribution in [-0.4, -0.2) is 32.3 Å². The summed E-state index contributed by atoms with van der Waals surface area (Å²) < 4.78 is 2.05. The van der Waals surface area contributed by atoms with Crippen molar-refractivity contribution in [2.45, 2.75) is 4.90 Å². The third-order valence-electron chi connectivity index (χ3n) is 3.03. The number of rotatable bonds is 4. The largest absolute Gasteiger partial charge is 0.265 e. The normalized spacial score (nSPS) is 11.1. The summed E-state index contributed by atoms with van der Waals surface area (Å²) in [5.74, 6) is 0.657. The van der Waals surface area contributed by atoms with Gasteiger partial charge in [-0.1, -0.05) is 12.1 Å². The van der Waals surface area contributed by atoms with Crippen LogP contribution in [0.25, 0.3) is 11.4 Å². The van der Waals surface area contributed by atoms with Gasteiger partial charge in [-0.25, -0.2) is 5.10 Å². The highest BCUT2D eigenvalue weighted by atomic mass is 32.2. The molecule has 1 N–H and O–H groups in total. The predicted octanol–water partition coefficient (Wildman–Crippen LogP) is 3.61. The van der Waals surface area contributed by atoms with E-state index in [2.05, 4.69) is 38.7 Å². The standard InChI is InChI=1S/C15H13N5S2/c1-22-13-4-2-11(3-5-13)10-17-20-14(18-19-15(20)21)12-6-8-16-9-7-12/h2-10H,1H3,(H,19,21)/b17-10+. The molecule has 2 aromatic heterocycles. The Hall–Kier alpha value is -2.25. The van der Waals surface area contributed by atoms with Gasteiger partial charge in [0.25, 0.3) is 0 Å². The fourth-order valence-corrected chi connectivity index (χ4v) is 2.49. The first kappa shape index (κ1) is 14.7. The molecule has 0 saturated heterocycles. The van der Waals surface area contributed by atoms with E-state index in [4.69, 9.17) is 12.2 Å². The smallest absolute Gasteiger partial charge is 0.216 e. The van der Waals surface area contributed by atoms with Crippen LogP contribution in [0.1, 0.15) is 5.56 Å². The van der Waals surface area contributed by atoms with Crippen LogP contribution < -0.4 is 0 Å². The average Bonchev–Trinajstić information content (AvgIpc) is 2.95. The predicted molar refractivity (Wildman–Crippen MR) is 91.9 cm³/mol. The SMILES string of the molecule is CSc1ccc(/C=N/n2c(-c3ccncc3)n[nH]c2=S)cc1. The first-order valence-electron chi connectivity index (χ1n) is 6.54. The molecular formula is C15H13N5S2. The van der Waals surface area contributed by atoms with Gasteiger partial charge >= 0.3 is 0 Å². The Morgan fingerprint density at radius 1 is 1.18 bits per heavy atom. The molecular weight excluding hydrogens is 314 g/mol. The lowest BCUT2D eigenvalue weighted by atomic mass is 10.2. The summed E-state index contributed by atoms with van der Waals surface area (Å²) in [6, 6.07) is 11.9. The number of H-pyrrole nitrogens is 1. The monoisotopic (exact) mass is 327 g/mol. The molecule has 0 radical (unpaired) electrons. The van der Waals surface area contributed by atoms with E-state index in [-0.39, 0.29) is 0 Å². The summed E-state index contributed by atoms with van der Waals surface area (Å²) in [5, 5.41) is 11.4. The second-order valence-electron chi connectivity index (χ2n) is 4.42. The molecule has 3 aromatic rings. The van der Waals surface area contributed by atoms with Crippen LogP contribution in [0.15, 0.2) is 58.8 Å². The Morgan fingerprint density at radius 3 is 2.59 bits per heavy atom. The minimum Gasteiger partial charge on any atom is -0.265 e. The molecule has 7 heteroatoms. The van der Waals surface area contributed by atoms with Gasteiger partial charge < -0.3 is 0 Å². The van der Waals surface area contributed by atoms with E-state index in [1.807, 2.05) is 24.3 Å². The zero-order chi connectivity index (χ0) is 15.4. The fraction of sp³-hybridized carbons (Fsp3) is 0.0667. The van der Waals surface area contributed by atoms with Crippen molar-refractivity contribution in [2.24, 2.45) is 5.10 Å². The van der Waals surface area contributed by atoms with Crippen molar-refractivity contribution in [3.8, 4) is 11.4 Å².